The van der Waals surface area contributed by atoms with Crippen LogP contribution in [-0.2, 0) is 12.8 Å². The first-order valence-corrected chi connectivity index (χ1v) is 11.2. The van der Waals surface area contributed by atoms with Crippen LogP contribution in [-0.4, -0.2) is 42.7 Å². The lowest BCUT2D eigenvalue weighted by molar-refractivity contribution is 0.262. The predicted molar refractivity (Wildman–Crippen MR) is 118 cm³/mol. The van der Waals surface area contributed by atoms with Gasteiger partial charge in [-0.1, -0.05) is 0 Å². The van der Waals surface area contributed by atoms with E-state index in [1.807, 2.05) is 0 Å². The Labute approximate surface area is 174 Å². The Morgan fingerprint density at radius 3 is 2.79 bits per heavy atom. The highest BCUT2D eigenvalue weighted by Gasteiger charge is 2.20. The number of hydrogen-bond acceptors (Lipinski definition) is 5. The van der Waals surface area contributed by atoms with Crippen molar-refractivity contribution in [3.05, 3.63) is 28.8 Å². The summed E-state index contributed by atoms with van der Waals surface area (Å²) >= 11 is 0. The topological polar surface area (TPSA) is 61.2 Å². The van der Waals surface area contributed by atoms with E-state index < -0.39 is 0 Å². The van der Waals surface area contributed by atoms with Crippen molar-refractivity contribution >= 4 is 16.7 Å². The molecule has 154 valence electrons. The van der Waals surface area contributed by atoms with Gasteiger partial charge in [-0.3, -0.25) is 0 Å². The number of ether oxygens (including phenoxy) is 1. The summed E-state index contributed by atoms with van der Waals surface area (Å²) < 4.78 is 6.15. The fourth-order valence-corrected chi connectivity index (χ4v) is 4.65. The summed E-state index contributed by atoms with van der Waals surface area (Å²) in [6.07, 6.45) is 8.59. The molecule has 1 saturated heterocycles. The predicted octanol–water partition coefficient (Wildman–Crippen LogP) is 4.61. The average Bonchev–Trinajstić information content (AvgIpc) is 3.41. The highest BCUT2D eigenvalue weighted by atomic mass is 16.5. The lowest BCUT2D eigenvalue weighted by Crippen LogP contribution is -2.22. The number of aryl methyl sites for hydroxylation is 2. The standard InChI is InChI=1S/C24H32N4O/c1-18-16-21-19-8-6-9-20(19)24(26-11-3-2-10-25)27-22(21)17-23(18)29-15-7-14-28-12-4-5-13-28/h16-17H,2-9,11-15H2,1H3,(H,26,27). The largest absolute Gasteiger partial charge is 0.493 e. The smallest absolute Gasteiger partial charge is 0.130 e. The van der Waals surface area contributed by atoms with Crippen LogP contribution in [0.2, 0.25) is 0 Å². The van der Waals surface area contributed by atoms with Gasteiger partial charge >= 0.3 is 0 Å². The van der Waals surface area contributed by atoms with E-state index in [0.717, 1.165) is 62.5 Å². The van der Waals surface area contributed by atoms with Gasteiger partial charge in [-0.15, -0.1) is 0 Å². The van der Waals surface area contributed by atoms with Crippen LogP contribution in [0.1, 0.15) is 55.2 Å². The summed E-state index contributed by atoms with van der Waals surface area (Å²) in [5, 5.41) is 13.5. The van der Waals surface area contributed by atoms with Crippen molar-refractivity contribution in [2.24, 2.45) is 0 Å². The van der Waals surface area contributed by atoms with Crippen molar-refractivity contribution in [2.75, 3.05) is 38.1 Å². The second-order valence-corrected chi connectivity index (χ2v) is 8.35. The first-order valence-electron chi connectivity index (χ1n) is 11.2. The number of anilines is 1. The van der Waals surface area contributed by atoms with Gasteiger partial charge in [0.05, 0.1) is 18.2 Å². The minimum Gasteiger partial charge on any atom is -0.493 e. The van der Waals surface area contributed by atoms with Gasteiger partial charge in [0.15, 0.2) is 0 Å². The van der Waals surface area contributed by atoms with Crippen LogP contribution in [0.25, 0.3) is 10.9 Å². The Balaban J connectivity index is 1.48. The van der Waals surface area contributed by atoms with Crippen LogP contribution in [0, 0.1) is 18.3 Å². The fraction of sp³-hybridized carbons (Fsp3) is 0.583. The molecule has 1 aliphatic carbocycles. The van der Waals surface area contributed by atoms with Crippen LogP contribution in [0.3, 0.4) is 0 Å². The van der Waals surface area contributed by atoms with E-state index >= 15 is 0 Å². The molecule has 0 amide bonds. The minimum atomic E-state index is 0.581. The van der Waals surface area contributed by atoms with Crippen LogP contribution in [0.5, 0.6) is 5.75 Å². The summed E-state index contributed by atoms with van der Waals surface area (Å²) in [6.45, 7) is 7.32. The number of nitriles is 1. The van der Waals surface area contributed by atoms with Crippen molar-refractivity contribution in [2.45, 2.75) is 58.3 Å². The number of nitrogens with zero attached hydrogens (tertiary/aromatic N) is 3. The zero-order chi connectivity index (χ0) is 20.1. The molecule has 2 aliphatic rings. The zero-order valence-corrected chi connectivity index (χ0v) is 17.6. The van der Waals surface area contributed by atoms with Crippen molar-refractivity contribution in [3.63, 3.8) is 0 Å². The number of fused-ring (bicyclic) bond motifs is 3. The highest BCUT2D eigenvalue weighted by molar-refractivity contribution is 5.88. The number of pyridine rings is 1. The lowest BCUT2D eigenvalue weighted by Gasteiger charge is -2.17. The molecule has 29 heavy (non-hydrogen) atoms. The third-order valence-corrected chi connectivity index (χ3v) is 6.19. The molecule has 1 aliphatic heterocycles. The molecule has 0 spiro atoms. The van der Waals surface area contributed by atoms with E-state index in [1.54, 1.807) is 0 Å². The van der Waals surface area contributed by atoms with Crippen molar-refractivity contribution in [3.8, 4) is 11.8 Å². The van der Waals surface area contributed by atoms with Crippen molar-refractivity contribution in [1.82, 2.24) is 9.88 Å². The van der Waals surface area contributed by atoms with Gasteiger partial charge < -0.3 is 15.0 Å². The number of aromatic nitrogens is 1. The van der Waals surface area contributed by atoms with Gasteiger partial charge in [0, 0.05) is 31.0 Å². The lowest BCUT2D eigenvalue weighted by atomic mass is 10.0. The van der Waals surface area contributed by atoms with Gasteiger partial charge in [-0.25, -0.2) is 4.98 Å². The maximum absolute atomic E-state index is 8.76. The van der Waals surface area contributed by atoms with Crippen molar-refractivity contribution in [1.29, 1.82) is 5.26 Å². The number of nitrogens with one attached hydrogen (secondary N) is 1. The summed E-state index contributed by atoms with van der Waals surface area (Å²) in [6, 6.07) is 6.60. The van der Waals surface area contributed by atoms with E-state index in [2.05, 4.69) is 35.3 Å². The van der Waals surface area contributed by atoms with Crippen LogP contribution in [0.15, 0.2) is 12.1 Å². The molecule has 1 fully saturated rings. The number of hydrogen-bond donors (Lipinski definition) is 1. The Kier molecular flexibility index (Phi) is 6.51. The Morgan fingerprint density at radius 2 is 1.97 bits per heavy atom. The summed E-state index contributed by atoms with van der Waals surface area (Å²) in [5.41, 5.74) is 5.03. The summed E-state index contributed by atoms with van der Waals surface area (Å²) in [5.74, 6) is 1.96. The summed E-state index contributed by atoms with van der Waals surface area (Å²) in [7, 11) is 0. The number of unbranched alkanes of at least 4 members (excludes halogenated alkanes) is 1. The Hall–Kier alpha value is -2.32. The molecule has 2 aromatic rings. The molecule has 0 bridgehead atoms. The maximum Gasteiger partial charge on any atom is 0.130 e. The van der Waals surface area contributed by atoms with Crippen molar-refractivity contribution < 1.29 is 4.74 Å². The van der Waals surface area contributed by atoms with Crippen LogP contribution in [0.4, 0.5) is 5.82 Å². The molecule has 5 nitrogen and oxygen atoms in total. The van der Waals surface area contributed by atoms with E-state index in [0.29, 0.717) is 6.42 Å². The monoisotopic (exact) mass is 392 g/mol. The molecular weight excluding hydrogens is 360 g/mol. The fourth-order valence-electron chi connectivity index (χ4n) is 4.65. The summed E-state index contributed by atoms with van der Waals surface area (Å²) in [4.78, 5) is 7.49. The second kappa shape index (κ2) is 9.45. The quantitative estimate of drug-likeness (QED) is 0.631. The molecule has 1 aromatic heterocycles. The second-order valence-electron chi connectivity index (χ2n) is 8.35. The number of benzene rings is 1. The molecule has 1 N–H and O–H groups in total. The molecule has 0 radical (unpaired) electrons. The molecule has 5 heteroatoms. The number of likely N-dealkylation sites (tertiary alicyclic amines) is 1. The van der Waals surface area contributed by atoms with E-state index in [-0.39, 0.29) is 0 Å². The third-order valence-electron chi connectivity index (χ3n) is 6.19. The van der Waals surface area contributed by atoms with Gasteiger partial charge in [0.2, 0.25) is 0 Å². The zero-order valence-electron chi connectivity index (χ0n) is 17.6. The van der Waals surface area contributed by atoms with Gasteiger partial charge in [-0.2, -0.15) is 5.26 Å². The molecular formula is C24H32N4O. The number of rotatable bonds is 9. The molecule has 2 heterocycles. The highest BCUT2D eigenvalue weighted by Crippen LogP contribution is 2.36. The molecule has 0 unspecified atom stereocenters. The SMILES string of the molecule is Cc1cc2c3c(c(NCCCC#N)nc2cc1OCCCN1CCCC1)CCC3. The first kappa shape index (κ1) is 20.0. The van der Waals surface area contributed by atoms with E-state index in [9.17, 15) is 0 Å². The van der Waals surface area contributed by atoms with Gasteiger partial charge in [0.1, 0.15) is 11.6 Å². The molecule has 4 rings (SSSR count). The molecule has 0 saturated carbocycles. The molecule has 1 aromatic carbocycles. The van der Waals surface area contributed by atoms with Gasteiger partial charge in [-0.05, 0) is 87.7 Å². The van der Waals surface area contributed by atoms with E-state index in [1.165, 1.54) is 54.4 Å². The average molecular weight is 393 g/mol. The van der Waals surface area contributed by atoms with Crippen LogP contribution >= 0.6 is 0 Å². The minimum absolute atomic E-state index is 0.581. The molecule has 0 atom stereocenters. The Morgan fingerprint density at radius 1 is 1.14 bits per heavy atom. The van der Waals surface area contributed by atoms with E-state index in [4.69, 9.17) is 15.0 Å². The first-order chi connectivity index (χ1) is 14.3. The Bertz CT molecular complexity index is 896. The normalized spacial score (nSPS) is 16.1. The third kappa shape index (κ3) is 4.64. The maximum atomic E-state index is 8.76. The van der Waals surface area contributed by atoms with Gasteiger partial charge in [0.25, 0.3) is 0 Å². The van der Waals surface area contributed by atoms with Crippen LogP contribution < -0.4 is 10.1 Å².